The van der Waals surface area contributed by atoms with Crippen LogP contribution in [0.25, 0.3) is 0 Å². The zero-order valence-corrected chi connectivity index (χ0v) is 14.5. The quantitative estimate of drug-likeness (QED) is 0.756. The summed E-state index contributed by atoms with van der Waals surface area (Å²) in [6.45, 7) is 17.0. The van der Waals surface area contributed by atoms with Gasteiger partial charge in [-0.1, -0.05) is 52.0 Å². The summed E-state index contributed by atoms with van der Waals surface area (Å²) >= 11 is 0. The molecular formula is C19H33N. The predicted molar refractivity (Wildman–Crippen MR) is 90.4 cm³/mol. The Morgan fingerprint density at radius 3 is 1.95 bits per heavy atom. The fourth-order valence-corrected chi connectivity index (χ4v) is 2.44. The molecule has 0 atom stereocenters. The van der Waals surface area contributed by atoms with Crippen molar-refractivity contribution < 1.29 is 0 Å². The van der Waals surface area contributed by atoms with Crippen molar-refractivity contribution in [2.75, 3.05) is 6.54 Å². The third-order valence-corrected chi connectivity index (χ3v) is 3.79. The summed E-state index contributed by atoms with van der Waals surface area (Å²) in [5.41, 5.74) is 3.45. The lowest BCUT2D eigenvalue weighted by atomic mass is 9.82. The minimum absolute atomic E-state index is 0.217. The van der Waals surface area contributed by atoms with Gasteiger partial charge in [0.05, 0.1) is 0 Å². The Bertz CT molecular complexity index is 393. The number of nitrogens with one attached hydrogen (secondary N) is 1. The first kappa shape index (κ1) is 17.2. The van der Waals surface area contributed by atoms with Crippen LogP contribution in [0.3, 0.4) is 0 Å². The van der Waals surface area contributed by atoms with Crippen LogP contribution in [0, 0.1) is 5.41 Å². The molecule has 1 N–H and O–H groups in total. The van der Waals surface area contributed by atoms with Crippen molar-refractivity contribution in [3.8, 4) is 0 Å². The summed E-state index contributed by atoms with van der Waals surface area (Å²) in [5, 5.41) is 3.59. The molecule has 0 amide bonds. The minimum atomic E-state index is 0.217. The van der Waals surface area contributed by atoms with Crippen molar-refractivity contribution in [1.82, 2.24) is 5.32 Å². The van der Waals surface area contributed by atoms with Gasteiger partial charge < -0.3 is 5.32 Å². The third kappa shape index (κ3) is 6.56. The molecule has 0 aliphatic heterocycles. The summed E-state index contributed by atoms with van der Waals surface area (Å²) in [6.07, 6.45) is 2.35. The lowest BCUT2D eigenvalue weighted by Crippen LogP contribution is -2.38. The van der Waals surface area contributed by atoms with Gasteiger partial charge >= 0.3 is 0 Å². The molecule has 0 spiro atoms. The van der Waals surface area contributed by atoms with Gasteiger partial charge in [0.15, 0.2) is 0 Å². The molecule has 0 fully saturated rings. The zero-order chi connectivity index (χ0) is 15.4. The second-order valence-corrected chi connectivity index (χ2v) is 8.16. The van der Waals surface area contributed by atoms with Crippen LogP contribution in [0.15, 0.2) is 24.3 Å². The molecule has 0 aliphatic rings. The molecule has 0 radical (unpaired) electrons. The van der Waals surface area contributed by atoms with Gasteiger partial charge in [-0.3, -0.25) is 0 Å². The predicted octanol–water partition coefficient (Wildman–Crippen LogP) is 5.16. The third-order valence-electron chi connectivity index (χ3n) is 3.79. The molecule has 0 bridgehead atoms. The Labute approximate surface area is 126 Å². The Kier molecular flexibility index (Phi) is 5.82. The van der Waals surface area contributed by atoms with E-state index in [2.05, 4.69) is 78.0 Å². The maximum Gasteiger partial charge on any atom is 0.00965 e. The molecule has 0 aliphatic carbocycles. The van der Waals surface area contributed by atoms with E-state index in [-0.39, 0.29) is 5.54 Å². The lowest BCUT2D eigenvalue weighted by molar-refractivity contribution is 0.302. The lowest BCUT2D eigenvalue weighted by Gasteiger charge is -2.28. The molecule has 0 saturated heterocycles. The average Bonchev–Trinajstić information content (AvgIpc) is 2.26. The SMILES string of the molecule is CC(C)c1ccc(CC(C)(C)CCNC(C)(C)C)cc1. The summed E-state index contributed by atoms with van der Waals surface area (Å²) in [4.78, 5) is 0. The Hall–Kier alpha value is -0.820. The van der Waals surface area contributed by atoms with Crippen LogP contribution in [0.1, 0.15) is 71.9 Å². The molecule has 1 aromatic carbocycles. The van der Waals surface area contributed by atoms with Gasteiger partial charge in [0.2, 0.25) is 0 Å². The second kappa shape index (κ2) is 6.76. The smallest absolute Gasteiger partial charge is 0.00965 e. The Morgan fingerprint density at radius 1 is 0.950 bits per heavy atom. The Morgan fingerprint density at radius 2 is 1.50 bits per heavy atom. The highest BCUT2D eigenvalue weighted by atomic mass is 14.9. The first-order chi connectivity index (χ1) is 9.09. The van der Waals surface area contributed by atoms with Crippen molar-refractivity contribution in [2.45, 2.75) is 72.8 Å². The molecule has 1 aromatic rings. The van der Waals surface area contributed by atoms with Crippen LogP contribution in [0.4, 0.5) is 0 Å². The van der Waals surface area contributed by atoms with E-state index in [1.165, 1.54) is 17.5 Å². The molecule has 0 aromatic heterocycles. The minimum Gasteiger partial charge on any atom is -0.312 e. The van der Waals surface area contributed by atoms with E-state index in [0.29, 0.717) is 11.3 Å². The summed E-state index contributed by atoms with van der Waals surface area (Å²) in [7, 11) is 0. The van der Waals surface area contributed by atoms with Crippen LogP contribution >= 0.6 is 0 Å². The fourth-order valence-electron chi connectivity index (χ4n) is 2.44. The zero-order valence-electron chi connectivity index (χ0n) is 14.5. The molecule has 20 heavy (non-hydrogen) atoms. The summed E-state index contributed by atoms with van der Waals surface area (Å²) < 4.78 is 0. The maximum atomic E-state index is 3.59. The van der Waals surface area contributed by atoms with Gasteiger partial charge in [0, 0.05) is 5.54 Å². The number of benzene rings is 1. The highest BCUT2D eigenvalue weighted by molar-refractivity contribution is 5.25. The van der Waals surface area contributed by atoms with Crippen LogP contribution in [-0.2, 0) is 6.42 Å². The molecule has 0 unspecified atom stereocenters. The Balaban J connectivity index is 2.52. The van der Waals surface area contributed by atoms with E-state index in [0.717, 1.165) is 13.0 Å². The van der Waals surface area contributed by atoms with E-state index in [9.17, 15) is 0 Å². The molecule has 1 rings (SSSR count). The summed E-state index contributed by atoms with van der Waals surface area (Å²) in [5.74, 6) is 0.619. The van der Waals surface area contributed by atoms with E-state index >= 15 is 0 Å². The van der Waals surface area contributed by atoms with Gasteiger partial charge in [-0.2, -0.15) is 0 Å². The van der Waals surface area contributed by atoms with Gasteiger partial charge in [0.25, 0.3) is 0 Å². The summed E-state index contributed by atoms with van der Waals surface area (Å²) in [6, 6.07) is 9.16. The van der Waals surface area contributed by atoms with E-state index in [1.807, 2.05) is 0 Å². The molecular weight excluding hydrogens is 242 g/mol. The van der Waals surface area contributed by atoms with Crippen LogP contribution in [0.2, 0.25) is 0 Å². The molecule has 0 heterocycles. The van der Waals surface area contributed by atoms with Gasteiger partial charge in [-0.25, -0.2) is 0 Å². The van der Waals surface area contributed by atoms with Crippen molar-refractivity contribution >= 4 is 0 Å². The number of rotatable bonds is 6. The average molecular weight is 275 g/mol. The van der Waals surface area contributed by atoms with Crippen molar-refractivity contribution in [1.29, 1.82) is 0 Å². The van der Waals surface area contributed by atoms with Crippen LogP contribution in [-0.4, -0.2) is 12.1 Å². The van der Waals surface area contributed by atoms with Gasteiger partial charge in [-0.15, -0.1) is 0 Å². The van der Waals surface area contributed by atoms with Gasteiger partial charge in [0.1, 0.15) is 0 Å². The monoisotopic (exact) mass is 275 g/mol. The second-order valence-electron chi connectivity index (χ2n) is 8.16. The largest absolute Gasteiger partial charge is 0.312 e. The topological polar surface area (TPSA) is 12.0 Å². The first-order valence-electron chi connectivity index (χ1n) is 7.93. The molecule has 1 heteroatoms. The number of hydrogen-bond acceptors (Lipinski definition) is 1. The van der Waals surface area contributed by atoms with Crippen LogP contribution in [0.5, 0.6) is 0 Å². The first-order valence-corrected chi connectivity index (χ1v) is 7.93. The van der Waals surface area contributed by atoms with Crippen molar-refractivity contribution in [3.05, 3.63) is 35.4 Å². The van der Waals surface area contributed by atoms with E-state index < -0.39 is 0 Å². The highest BCUT2D eigenvalue weighted by Gasteiger charge is 2.19. The molecule has 114 valence electrons. The van der Waals surface area contributed by atoms with E-state index in [4.69, 9.17) is 0 Å². The molecule has 0 saturated carbocycles. The van der Waals surface area contributed by atoms with E-state index in [1.54, 1.807) is 0 Å². The fraction of sp³-hybridized carbons (Fsp3) is 0.684. The van der Waals surface area contributed by atoms with Crippen molar-refractivity contribution in [2.24, 2.45) is 5.41 Å². The highest BCUT2D eigenvalue weighted by Crippen LogP contribution is 2.26. The van der Waals surface area contributed by atoms with Gasteiger partial charge in [-0.05, 0) is 62.6 Å². The standard InChI is InChI=1S/C19H33N/c1-15(2)17-10-8-16(9-11-17)14-19(6,7)12-13-20-18(3,4)5/h8-11,15,20H,12-14H2,1-7H3. The molecule has 1 nitrogen and oxygen atoms in total. The van der Waals surface area contributed by atoms with Crippen LogP contribution < -0.4 is 5.32 Å². The number of hydrogen-bond donors (Lipinski definition) is 1. The van der Waals surface area contributed by atoms with Crippen molar-refractivity contribution in [3.63, 3.8) is 0 Å². The normalized spacial score (nSPS) is 13.0. The maximum absolute atomic E-state index is 3.59.